The Morgan fingerprint density at radius 3 is 2.58 bits per heavy atom. The Hall–Kier alpha value is -2.07. The highest BCUT2D eigenvalue weighted by Gasteiger charge is 2.34. The molecule has 6 nitrogen and oxygen atoms in total. The molecule has 1 atom stereocenters. The molecule has 174 valence electrons. The first-order chi connectivity index (χ1) is 14.7. The van der Waals surface area contributed by atoms with Gasteiger partial charge in [-0.25, -0.2) is 9.38 Å². The smallest absolute Gasteiger partial charge is 0.393 e. The van der Waals surface area contributed by atoms with Crippen LogP contribution < -0.4 is 15.5 Å². The lowest BCUT2D eigenvalue weighted by Crippen LogP contribution is -2.45. The summed E-state index contributed by atoms with van der Waals surface area (Å²) in [4.78, 5) is 7.80. The van der Waals surface area contributed by atoms with Crippen LogP contribution in [0.15, 0.2) is 23.2 Å². The highest BCUT2D eigenvalue weighted by atomic mass is 19.4. The van der Waals surface area contributed by atoms with E-state index in [1.54, 1.807) is 6.07 Å². The molecular weight excluding hydrogens is 414 g/mol. The summed E-state index contributed by atoms with van der Waals surface area (Å²) in [5, 5.41) is 15.9. The Morgan fingerprint density at radius 2 is 1.94 bits per heavy atom. The van der Waals surface area contributed by atoms with E-state index in [4.69, 9.17) is 0 Å². The number of aliphatic hydroxyl groups excluding tert-OH is 1. The van der Waals surface area contributed by atoms with Crippen LogP contribution in [0.2, 0.25) is 0 Å². The lowest BCUT2D eigenvalue weighted by molar-refractivity contribution is -0.143. The van der Waals surface area contributed by atoms with Crippen molar-refractivity contribution in [2.24, 2.45) is 4.99 Å². The molecule has 0 saturated carbocycles. The average Bonchev–Trinajstić information content (AvgIpc) is 3.12. The van der Waals surface area contributed by atoms with Crippen LogP contribution in [-0.4, -0.2) is 73.6 Å². The molecule has 2 aliphatic heterocycles. The monoisotopic (exact) mass is 445 g/mol. The van der Waals surface area contributed by atoms with Gasteiger partial charge in [0.2, 0.25) is 0 Å². The van der Waals surface area contributed by atoms with Crippen molar-refractivity contribution >= 4 is 11.6 Å². The SMILES string of the molecule is CCNC(=NCc1ccc(N2CCC(O)CC2)c(F)c1)NC1CCN(CC(F)(F)F)C1. The van der Waals surface area contributed by atoms with Crippen LogP contribution in [0.1, 0.15) is 31.7 Å². The molecule has 2 fully saturated rings. The Labute approximate surface area is 180 Å². The predicted molar refractivity (Wildman–Crippen MR) is 113 cm³/mol. The zero-order valence-electron chi connectivity index (χ0n) is 17.8. The fraction of sp³-hybridized carbons (Fsp3) is 0.667. The molecule has 1 aromatic rings. The molecule has 0 spiro atoms. The maximum Gasteiger partial charge on any atom is 0.401 e. The van der Waals surface area contributed by atoms with Crippen molar-refractivity contribution in [3.63, 3.8) is 0 Å². The number of rotatable bonds is 6. The normalized spacial score (nSPS) is 21.5. The predicted octanol–water partition coefficient (Wildman–Crippen LogP) is 2.48. The van der Waals surface area contributed by atoms with Crippen LogP contribution in [0, 0.1) is 5.82 Å². The molecule has 0 amide bonds. The van der Waals surface area contributed by atoms with Gasteiger partial charge >= 0.3 is 6.18 Å². The minimum Gasteiger partial charge on any atom is -0.393 e. The number of benzene rings is 1. The van der Waals surface area contributed by atoms with Crippen LogP contribution in [0.3, 0.4) is 0 Å². The van der Waals surface area contributed by atoms with E-state index in [2.05, 4.69) is 15.6 Å². The number of piperidine rings is 1. The molecular formula is C21H31F4N5O. The van der Waals surface area contributed by atoms with E-state index in [1.807, 2.05) is 17.9 Å². The summed E-state index contributed by atoms with van der Waals surface area (Å²) in [5.41, 5.74) is 1.24. The summed E-state index contributed by atoms with van der Waals surface area (Å²) in [7, 11) is 0. The number of aliphatic imine (C=N–C) groups is 1. The van der Waals surface area contributed by atoms with Gasteiger partial charge in [0.05, 0.1) is 24.9 Å². The van der Waals surface area contributed by atoms with Crippen molar-refractivity contribution in [2.75, 3.05) is 44.2 Å². The first-order valence-corrected chi connectivity index (χ1v) is 10.8. The number of nitrogens with zero attached hydrogens (tertiary/aromatic N) is 3. The van der Waals surface area contributed by atoms with Crippen molar-refractivity contribution in [3.05, 3.63) is 29.6 Å². The van der Waals surface area contributed by atoms with Gasteiger partial charge in [0.1, 0.15) is 5.82 Å². The first-order valence-electron chi connectivity index (χ1n) is 10.8. The number of hydrogen-bond acceptors (Lipinski definition) is 4. The highest BCUT2D eigenvalue weighted by Crippen LogP contribution is 2.24. The second kappa shape index (κ2) is 10.5. The zero-order valence-corrected chi connectivity index (χ0v) is 17.8. The van der Waals surface area contributed by atoms with E-state index in [1.165, 1.54) is 11.0 Å². The number of guanidine groups is 1. The van der Waals surface area contributed by atoms with Gasteiger partial charge in [0, 0.05) is 38.8 Å². The minimum absolute atomic E-state index is 0.117. The van der Waals surface area contributed by atoms with Gasteiger partial charge in [0.15, 0.2) is 5.96 Å². The average molecular weight is 446 g/mol. The third-order valence-corrected chi connectivity index (χ3v) is 5.60. The highest BCUT2D eigenvalue weighted by molar-refractivity contribution is 5.80. The second-order valence-electron chi connectivity index (χ2n) is 8.18. The van der Waals surface area contributed by atoms with Crippen LogP contribution >= 0.6 is 0 Å². The van der Waals surface area contributed by atoms with E-state index in [9.17, 15) is 22.7 Å². The Balaban J connectivity index is 1.57. The van der Waals surface area contributed by atoms with Gasteiger partial charge in [-0.1, -0.05) is 6.07 Å². The van der Waals surface area contributed by atoms with Crippen LogP contribution in [0.25, 0.3) is 0 Å². The van der Waals surface area contributed by atoms with Crippen molar-refractivity contribution in [1.82, 2.24) is 15.5 Å². The van der Waals surface area contributed by atoms with Gasteiger partial charge < -0.3 is 20.6 Å². The van der Waals surface area contributed by atoms with E-state index in [-0.39, 0.29) is 24.5 Å². The molecule has 0 radical (unpaired) electrons. The van der Waals surface area contributed by atoms with E-state index in [0.717, 1.165) is 0 Å². The number of alkyl halides is 3. The lowest BCUT2D eigenvalue weighted by Gasteiger charge is -2.31. The quantitative estimate of drug-likeness (QED) is 0.357. The largest absolute Gasteiger partial charge is 0.401 e. The van der Waals surface area contributed by atoms with E-state index in [0.29, 0.717) is 69.2 Å². The summed E-state index contributed by atoms with van der Waals surface area (Å²) in [6.07, 6.45) is -2.65. The lowest BCUT2D eigenvalue weighted by atomic mass is 10.1. The van der Waals surface area contributed by atoms with Gasteiger partial charge in [-0.3, -0.25) is 4.90 Å². The number of halogens is 4. The third kappa shape index (κ3) is 7.24. The fourth-order valence-corrected chi connectivity index (χ4v) is 4.04. The molecule has 3 rings (SSSR count). The third-order valence-electron chi connectivity index (χ3n) is 5.60. The summed E-state index contributed by atoms with van der Waals surface area (Å²) in [6, 6.07) is 4.92. The number of aliphatic hydroxyl groups is 1. The van der Waals surface area contributed by atoms with Gasteiger partial charge in [-0.2, -0.15) is 13.2 Å². The topological polar surface area (TPSA) is 63.1 Å². The van der Waals surface area contributed by atoms with Crippen LogP contribution in [0.5, 0.6) is 0 Å². The second-order valence-corrected chi connectivity index (χ2v) is 8.18. The van der Waals surface area contributed by atoms with Gasteiger partial charge in [-0.05, 0) is 43.9 Å². The molecule has 0 aromatic heterocycles. The van der Waals surface area contributed by atoms with E-state index < -0.39 is 12.7 Å². The van der Waals surface area contributed by atoms with Crippen molar-refractivity contribution < 1.29 is 22.7 Å². The fourth-order valence-electron chi connectivity index (χ4n) is 4.04. The Morgan fingerprint density at radius 1 is 1.19 bits per heavy atom. The van der Waals surface area contributed by atoms with Crippen molar-refractivity contribution in [1.29, 1.82) is 0 Å². The van der Waals surface area contributed by atoms with E-state index >= 15 is 0 Å². The van der Waals surface area contributed by atoms with Gasteiger partial charge in [0.25, 0.3) is 0 Å². The summed E-state index contributed by atoms with van der Waals surface area (Å²) >= 11 is 0. The minimum atomic E-state index is -4.20. The Kier molecular flexibility index (Phi) is 7.99. The molecule has 1 unspecified atom stereocenters. The maximum absolute atomic E-state index is 14.6. The molecule has 0 aliphatic carbocycles. The molecule has 1 aromatic carbocycles. The molecule has 0 bridgehead atoms. The molecule has 3 N–H and O–H groups in total. The van der Waals surface area contributed by atoms with Gasteiger partial charge in [-0.15, -0.1) is 0 Å². The first kappa shape index (κ1) is 23.6. The van der Waals surface area contributed by atoms with Crippen molar-refractivity contribution in [2.45, 2.75) is 51.1 Å². The number of nitrogens with one attached hydrogen (secondary N) is 2. The molecule has 31 heavy (non-hydrogen) atoms. The summed E-state index contributed by atoms with van der Waals surface area (Å²) < 4.78 is 52.4. The zero-order chi connectivity index (χ0) is 22.4. The number of hydrogen-bond donors (Lipinski definition) is 3. The number of anilines is 1. The number of likely N-dealkylation sites (tertiary alicyclic amines) is 1. The standard InChI is InChI=1S/C21H31F4N5O/c1-2-26-20(28-16-5-8-29(13-16)14-21(23,24)25)27-12-15-3-4-19(18(22)11-15)30-9-6-17(31)7-10-30/h3-4,11,16-17,31H,2,5-10,12-14H2,1H3,(H2,26,27,28). The molecule has 10 heteroatoms. The molecule has 2 aliphatic rings. The Bertz CT molecular complexity index is 750. The summed E-state index contributed by atoms with van der Waals surface area (Å²) in [6.45, 7) is 3.80. The van der Waals surface area contributed by atoms with Crippen LogP contribution in [0.4, 0.5) is 23.2 Å². The molecule has 2 saturated heterocycles. The molecule has 2 heterocycles. The maximum atomic E-state index is 14.6. The van der Waals surface area contributed by atoms with Crippen molar-refractivity contribution in [3.8, 4) is 0 Å². The van der Waals surface area contributed by atoms with Crippen LogP contribution in [-0.2, 0) is 6.54 Å². The summed E-state index contributed by atoms with van der Waals surface area (Å²) in [5.74, 6) is 0.191.